The van der Waals surface area contributed by atoms with E-state index in [4.69, 9.17) is 0 Å². The van der Waals surface area contributed by atoms with Gasteiger partial charge in [-0.2, -0.15) is 0 Å². The van der Waals surface area contributed by atoms with E-state index in [1.807, 2.05) is 121 Å². The van der Waals surface area contributed by atoms with E-state index < -0.39 is 24.2 Å². The number of hydrogen-bond donors (Lipinski definition) is 0. The first kappa shape index (κ1) is 26.3. The van der Waals surface area contributed by atoms with Gasteiger partial charge in [0.1, 0.15) is 0 Å². The van der Waals surface area contributed by atoms with Gasteiger partial charge in [-0.15, -0.1) is 0 Å². The number of fused-ring (bicyclic) bond motifs is 2. The number of rotatable bonds is 8. The monoisotopic (exact) mass is 733 g/mol. The van der Waals surface area contributed by atoms with Crippen LogP contribution in [0.5, 0.6) is 0 Å². The summed E-state index contributed by atoms with van der Waals surface area (Å²) in [6.45, 7) is 0. The Bertz CT molecular complexity index is 3390. The van der Waals surface area contributed by atoms with E-state index in [0.717, 1.165) is 54.9 Å². The van der Waals surface area contributed by atoms with Crippen molar-refractivity contribution < 1.29 is 11.0 Å². The lowest BCUT2D eigenvalue weighted by molar-refractivity contribution is 1.28. The minimum Gasteiger partial charge on any atom is -0.311 e. The Morgan fingerprint density at radius 2 is 0.667 bits per heavy atom. The van der Waals surface area contributed by atoms with Gasteiger partial charge in [-0.3, -0.25) is 0 Å². The Balaban J connectivity index is 1.14. The summed E-state index contributed by atoms with van der Waals surface area (Å²) >= 11 is 0. The fourth-order valence-electron chi connectivity index (χ4n) is 7.53. The maximum absolute atomic E-state index is 9.57. The SMILES string of the molecule is [2H]c1c([2H])c(N(c2ccc(-c3cccc(-c4cccc5ccccc45)c3)cc2)c2c([2H])c([2H])c(-c3cccc4ccccc34)c([2H])c2[2H])c([2H])c([2H])c1-c1ccc(-c2ccccc2)cc1. The van der Waals surface area contributed by atoms with Crippen LogP contribution < -0.4 is 4.90 Å². The minimum absolute atomic E-state index is 0.107. The molecule has 0 fully saturated rings. The third kappa shape index (κ3) is 6.77. The largest absolute Gasteiger partial charge is 0.311 e. The summed E-state index contributed by atoms with van der Waals surface area (Å²) in [5.74, 6) is 0. The van der Waals surface area contributed by atoms with Crippen molar-refractivity contribution in [1.82, 2.24) is 0 Å². The molecule has 0 aliphatic carbocycles. The number of benzene rings is 10. The highest BCUT2D eigenvalue weighted by Crippen LogP contribution is 2.39. The Labute approximate surface area is 345 Å². The summed E-state index contributed by atoms with van der Waals surface area (Å²) in [5, 5.41) is 3.93. The molecule has 0 radical (unpaired) electrons. The van der Waals surface area contributed by atoms with Crippen molar-refractivity contribution in [3.63, 3.8) is 0 Å². The molecule has 0 saturated carbocycles. The van der Waals surface area contributed by atoms with Gasteiger partial charge in [-0.25, -0.2) is 0 Å². The highest BCUT2D eigenvalue weighted by atomic mass is 15.1. The molecular weight excluding hydrogens is 687 g/mol. The van der Waals surface area contributed by atoms with Crippen LogP contribution in [0.4, 0.5) is 17.1 Å². The van der Waals surface area contributed by atoms with Gasteiger partial charge in [0.05, 0.1) is 11.0 Å². The first-order valence-electron chi connectivity index (χ1n) is 22.9. The molecule has 10 aromatic rings. The van der Waals surface area contributed by atoms with Gasteiger partial charge in [0.2, 0.25) is 0 Å². The molecule has 0 atom stereocenters. The Kier molecular flexibility index (Phi) is 6.92. The number of hydrogen-bond acceptors (Lipinski definition) is 1. The summed E-state index contributed by atoms with van der Waals surface area (Å²) in [4.78, 5) is 1.35. The van der Waals surface area contributed by atoms with E-state index >= 15 is 0 Å². The van der Waals surface area contributed by atoms with E-state index in [2.05, 4.69) is 36.4 Å². The molecule has 0 aromatic heterocycles. The van der Waals surface area contributed by atoms with Gasteiger partial charge < -0.3 is 4.90 Å². The molecule has 10 rings (SSSR count). The summed E-state index contributed by atoms with van der Waals surface area (Å²) in [7, 11) is 0. The molecular formula is C56H39N. The van der Waals surface area contributed by atoms with Crippen molar-refractivity contribution in [2.45, 2.75) is 0 Å². The topological polar surface area (TPSA) is 3.24 Å². The highest BCUT2D eigenvalue weighted by molar-refractivity contribution is 5.98. The lowest BCUT2D eigenvalue weighted by Gasteiger charge is -2.26. The average molecular weight is 734 g/mol. The minimum atomic E-state index is -0.394. The van der Waals surface area contributed by atoms with Crippen LogP contribution in [0.1, 0.15) is 11.0 Å². The lowest BCUT2D eigenvalue weighted by atomic mass is 9.95. The molecule has 0 aliphatic heterocycles. The Morgan fingerprint density at radius 3 is 1.28 bits per heavy atom. The fraction of sp³-hybridized carbons (Fsp3) is 0. The summed E-state index contributed by atoms with van der Waals surface area (Å²) in [5.41, 5.74) is 7.07. The van der Waals surface area contributed by atoms with Crippen LogP contribution in [-0.4, -0.2) is 0 Å². The van der Waals surface area contributed by atoms with E-state index in [9.17, 15) is 11.0 Å². The van der Waals surface area contributed by atoms with E-state index in [0.29, 0.717) is 16.8 Å². The Hall–Kier alpha value is -7.48. The van der Waals surface area contributed by atoms with Gasteiger partial charge in [-0.05, 0) is 120 Å². The van der Waals surface area contributed by atoms with Gasteiger partial charge in [0, 0.05) is 17.1 Å². The quantitative estimate of drug-likeness (QED) is 0.150. The molecule has 0 heterocycles. The molecule has 0 unspecified atom stereocenters. The van der Waals surface area contributed by atoms with E-state index in [1.54, 1.807) is 30.3 Å². The molecule has 0 N–H and O–H groups in total. The van der Waals surface area contributed by atoms with E-state index in [-0.39, 0.29) is 46.7 Å². The van der Waals surface area contributed by atoms with Crippen molar-refractivity contribution in [3.8, 4) is 55.6 Å². The van der Waals surface area contributed by atoms with Crippen LogP contribution in [0.3, 0.4) is 0 Å². The second-order valence-electron chi connectivity index (χ2n) is 13.9. The summed E-state index contributed by atoms with van der Waals surface area (Å²) in [6, 6.07) is 57.5. The van der Waals surface area contributed by atoms with Crippen LogP contribution in [0.15, 0.2) is 236 Å². The predicted molar refractivity (Wildman–Crippen MR) is 243 cm³/mol. The summed E-state index contributed by atoms with van der Waals surface area (Å²) in [6.07, 6.45) is 0. The zero-order valence-corrected chi connectivity index (χ0v) is 30.8. The molecule has 10 aromatic carbocycles. The fourth-order valence-corrected chi connectivity index (χ4v) is 7.53. The van der Waals surface area contributed by atoms with Gasteiger partial charge in [0.25, 0.3) is 0 Å². The smallest absolute Gasteiger partial charge is 0.0645 e. The molecule has 0 saturated heterocycles. The lowest BCUT2D eigenvalue weighted by Crippen LogP contribution is -2.09. The van der Waals surface area contributed by atoms with Crippen LogP contribution in [0.25, 0.3) is 77.2 Å². The zero-order chi connectivity index (χ0) is 44.9. The maximum atomic E-state index is 9.57. The summed E-state index contributed by atoms with van der Waals surface area (Å²) < 4.78 is 75.8. The third-order valence-electron chi connectivity index (χ3n) is 10.4. The molecule has 0 amide bonds. The van der Waals surface area contributed by atoms with Crippen LogP contribution in [0, 0.1) is 0 Å². The first-order chi connectivity index (χ1) is 31.6. The average Bonchev–Trinajstić information content (AvgIpc) is 3.35. The normalized spacial score (nSPS) is 13.1. The van der Waals surface area contributed by atoms with Crippen LogP contribution in [-0.2, 0) is 0 Å². The van der Waals surface area contributed by atoms with Crippen LogP contribution in [0.2, 0.25) is 0 Å². The predicted octanol–water partition coefficient (Wildman–Crippen LogP) is 15.8. The van der Waals surface area contributed by atoms with Gasteiger partial charge in [-0.1, -0.05) is 194 Å². The van der Waals surface area contributed by atoms with Gasteiger partial charge >= 0.3 is 0 Å². The number of nitrogens with zero attached hydrogens (tertiary/aromatic N) is 1. The van der Waals surface area contributed by atoms with Crippen molar-refractivity contribution in [1.29, 1.82) is 0 Å². The zero-order valence-electron chi connectivity index (χ0n) is 38.8. The van der Waals surface area contributed by atoms with Crippen molar-refractivity contribution in [2.24, 2.45) is 0 Å². The van der Waals surface area contributed by atoms with E-state index in [1.165, 1.54) is 4.90 Å². The maximum Gasteiger partial charge on any atom is 0.0645 e. The molecule has 268 valence electrons. The second-order valence-corrected chi connectivity index (χ2v) is 13.9. The van der Waals surface area contributed by atoms with Crippen molar-refractivity contribution >= 4 is 38.6 Å². The molecule has 1 heteroatoms. The van der Waals surface area contributed by atoms with Crippen molar-refractivity contribution in [2.75, 3.05) is 4.90 Å². The molecule has 0 spiro atoms. The standard InChI is InChI=1S/C56H39N/c1-2-11-40(12-3-1)41-23-25-42(26-24-41)43-27-33-50(34-28-43)57(52-37-31-47(32-38-52)55-21-9-15-45-13-4-6-19-53(45)55)51-35-29-44(30-36-51)48-17-8-18-49(39-48)56-22-10-16-46-14-5-7-20-54(46)56/h1-39H/i27D,28D,31D,32D,33D,34D,37D,38D. The third-order valence-corrected chi connectivity index (χ3v) is 10.4. The number of anilines is 3. The molecule has 57 heavy (non-hydrogen) atoms. The molecule has 1 nitrogen and oxygen atoms in total. The second kappa shape index (κ2) is 15.0. The van der Waals surface area contributed by atoms with Crippen LogP contribution >= 0.6 is 0 Å². The Morgan fingerprint density at radius 1 is 0.263 bits per heavy atom. The first-order valence-corrected chi connectivity index (χ1v) is 18.9. The highest BCUT2D eigenvalue weighted by Gasteiger charge is 2.15. The molecule has 0 aliphatic rings. The van der Waals surface area contributed by atoms with Gasteiger partial charge in [0.15, 0.2) is 0 Å². The molecule has 0 bridgehead atoms. The van der Waals surface area contributed by atoms with Crippen molar-refractivity contribution in [3.05, 3.63) is 236 Å².